The van der Waals surface area contributed by atoms with Gasteiger partial charge < -0.3 is 5.73 Å². The summed E-state index contributed by atoms with van der Waals surface area (Å²) >= 11 is 1.79. The van der Waals surface area contributed by atoms with Crippen LogP contribution in [0.2, 0.25) is 0 Å². The number of benzene rings is 1. The molecule has 1 aliphatic heterocycles. The Bertz CT molecular complexity index is 336. The van der Waals surface area contributed by atoms with Crippen LogP contribution in [0, 0.1) is 5.92 Å². The minimum absolute atomic E-state index is 0.560. The summed E-state index contributed by atoms with van der Waals surface area (Å²) in [6.07, 6.45) is 3.31. The molecule has 1 fully saturated rings. The number of nitrogens with two attached hydrogens (primary N) is 1. The summed E-state index contributed by atoms with van der Waals surface area (Å²) < 4.78 is 0. The van der Waals surface area contributed by atoms with Crippen molar-refractivity contribution in [2.45, 2.75) is 17.4 Å². The van der Waals surface area contributed by atoms with Gasteiger partial charge >= 0.3 is 0 Å². The summed E-state index contributed by atoms with van der Waals surface area (Å²) in [4.78, 5) is 3.76. The molecule has 2 atom stereocenters. The minimum Gasteiger partial charge on any atom is -0.330 e. The van der Waals surface area contributed by atoms with Crippen molar-refractivity contribution in [2.24, 2.45) is 11.7 Å². The minimum atomic E-state index is 0.560. The van der Waals surface area contributed by atoms with E-state index in [4.69, 9.17) is 5.73 Å². The van der Waals surface area contributed by atoms with Gasteiger partial charge in [0.05, 0.1) is 0 Å². The molecule has 2 rings (SSSR count). The second-order valence-electron chi connectivity index (χ2n) is 4.57. The zero-order valence-electron chi connectivity index (χ0n) is 10.0. The molecule has 2 nitrogen and oxygen atoms in total. The third-order valence-electron chi connectivity index (χ3n) is 3.47. The zero-order valence-corrected chi connectivity index (χ0v) is 10.8. The fourth-order valence-corrected chi connectivity index (χ4v) is 2.90. The molecule has 3 heteroatoms. The number of likely N-dealkylation sites (tertiary alicyclic amines) is 1. The highest BCUT2D eigenvalue weighted by Gasteiger charge is 2.29. The molecule has 0 bridgehead atoms. The van der Waals surface area contributed by atoms with E-state index in [0.717, 1.165) is 13.1 Å². The van der Waals surface area contributed by atoms with Crippen molar-refractivity contribution in [1.82, 2.24) is 4.90 Å². The van der Waals surface area contributed by atoms with E-state index in [9.17, 15) is 0 Å². The van der Waals surface area contributed by atoms with Crippen molar-refractivity contribution < 1.29 is 0 Å². The van der Waals surface area contributed by atoms with Crippen molar-refractivity contribution >= 4 is 11.8 Å². The molecule has 0 spiro atoms. The molecule has 0 amide bonds. The van der Waals surface area contributed by atoms with Crippen LogP contribution in [0.3, 0.4) is 0 Å². The first-order valence-corrected chi connectivity index (χ1v) is 7.01. The summed E-state index contributed by atoms with van der Waals surface area (Å²) in [5.41, 5.74) is 7.18. The van der Waals surface area contributed by atoms with Gasteiger partial charge in [0.1, 0.15) is 0 Å². The molecule has 16 heavy (non-hydrogen) atoms. The first kappa shape index (κ1) is 12.0. The van der Waals surface area contributed by atoms with Gasteiger partial charge in [0.2, 0.25) is 0 Å². The number of thioether (sulfide) groups is 1. The van der Waals surface area contributed by atoms with Crippen molar-refractivity contribution in [3.8, 4) is 0 Å². The molecule has 1 saturated heterocycles. The van der Waals surface area contributed by atoms with E-state index >= 15 is 0 Å². The Hall–Kier alpha value is -0.510. The van der Waals surface area contributed by atoms with Crippen molar-refractivity contribution in [3.63, 3.8) is 0 Å². The largest absolute Gasteiger partial charge is 0.330 e. The lowest BCUT2D eigenvalue weighted by molar-refractivity contribution is 0.313. The fourth-order valence-electron chi connectivity index (χ4n) is 2.49. The fraction of sp³-hybridized carbons (Fsp3) is 0.538. The normalized spacial score (nSPS) is 26.2. The molecule has 88 valence electrons. The van der Waals surface area contributed by atoms with Crippen molar-refractivity contribution in [1.29, 1.82) is 0 Å². The molecule has 1 heterocycles. The van der Waals surface area contributed by atoms with Gasteiger partial charge in [-0.05, 0) is 49.9 Å². The number of nitrogens with zero attached hydrogens (tertiary/aromatic N) is 1. The Balaban J connectivity index is 2.11. The molecular weight excluding hydrogens is 216 g/mol. The van der Waals surface area contributed by atoms with E-state index in [0.29, 0.717) is 12.0 Å². The van der Waals surface area contributed by atoms with E-state index in [1.807, 2.05) is 0 Å². The molecule has 0 aromatic heterocycles. The first-order valence-electron chi connectivity index (χ1n) is 5.79. The van der Waals surface area contributed by atoms with Crippen LogP contribution in [0.1, 0.15) is 18.0 Å². The average Bonchev–Trinajstić information content (AvgIpc) is 2.71. The summed E-state index contributed by atoms with van der Waals surface area (Å²) in [6.45, 7) is 1.94. The highest BCUT2D eigenvalue weighted by Crippen LogP contribution is 2.34. The van der Waals surface area contributed by atoms with E-state index < -0.39 is 0 Å². The van der Waals surface area contributed by atoms with E-state index in [2.05, 4.69) is 42.5 Å². The second-order valence-corrected chi connectivity index (χ2v) is 5.45. The highest BCUT2D eigenvalue weighted by molar-refractivity contribution is 7.98. The lowest BCUT2D eigenvalue weighted by atomic mass is 10.00. The molecule has 0 aliphatic carbocycles. The molecule has 2 unspecified atom stereocenters. The van der Waals surface area contributed by atoms with Gasteiger partial charge in [0.15, 0.2) is 0 Å². The SMILES string of the molecule is CSc1ccc(C2CC(CN)CN2C)cc1. The van der Waals surface area contributed by atoms with Crippen LogP contribution in [0.15, 0.2) is 29.2 Å². The van der Waals surface area contributed by atoms with E-state index in [1.54, 1.807) is 11.8 Å². The average molecular weight is 236 g/mol. The van der Waals surface area contributed by atoms with Crippen LogP contribution in [0.4, 0.5) is 0 Å². The smallest absolute Gasteiger partial charge is 0.0348 e. The van der Waals surface area contributed by atoms with Crippen LogP contribution in [-0.4, -0.2) is 31.3 Å². The Morgan fingerprint density at radius 1 is 1.38 bits per heavy atom. The topological polar surface area (TPSA) is 29.3 Å². The molecule has 2 N–H and O–H groups in total. The lowest BCUT2D eigenvalue weighted by Gasteiger charge is -2.19. The number of hydrogen-bond donors (Lipinski definition) is 1. The zero-order chi connectivity index (χ0) is 11.5. The van der Waals surface area contributed by atoms with E-state index in [1.165, 1.54) is 16.9 Å². The maximum absolute atomic E-state index is 5.75. The van der Waals surface area contributed by atoms with Gasteiger partial charge in [-0.1, -0.05) is 12.1 Å². The van der Waals surface area contributed by atoms with Gasteiger partial charge in [-0.15, -0.1) is 11.8 Å². The Kier molecular flexibility index (Phi) is 3.90. The summed E-state index contributed by atoms with van der Waals surface area (Å²) in [5.74, 6) is 0.662. The van der Waals surface area contributed by atoms with Crippen LogP contribution >= 0.6 is 11.8 Å². The van der Waals surface area contributed by atoms with Gasteiger partial charge in [-0.3, -0.25) is 4.90 Å². The molecule has 1 aromatic rings. The standard InChI is InChI=1S/C13H20N2S/c1-15-9-10(8-14)7-13(15)11-3-5-12(16-2)6-4-11/h3-6,10,13H,7-9,14H2,1-2H3. The Labute approximate surface area is 102 Å². The maximum Gasteiger partial charge on any atom is 0.0348 e. The van der Waals surface area contributed by atoms with Crippen LogP contribution in [0.25, 0.3) is 0 Å². The molecule has 1 aliphatic rings. The lowest BCUT2D eigenvalue weighted by Crippen LogP contribution is -2.20. The molecule has 1 aromatic carbocycles. The van der Waals surface area contributed by atoms with E-state index in [-0.39, 0.29) is 0 Å². The number of hydrogen-bond acceptors (Lipinski definition) is 3. The Morgan fingerprint density at radius 3 is 2.56 bits per heavy atom. The molecule has 0 saturated carbocycles. The van der Waals surface area contributed by atoms with Gasteiger partial charge in [-0.25, -0.2) is 0 Å². The predicted octanol–water partition coefficient (Wildman–Crippen LogP) is 2.36. The van der Waals surface area contributed by atoms with Gasteiger partial charge in [0.25, 0.3) is 0 Å². The summed E-state index contributed by atoms with van der Waals surface area (Å²) in [5, 5.41) is 0. The van der Waals surface area contributed by atoms with Crippen LogP contribution in [0.5, 0.6) is 0 Å². The van der Waals surface area contributed by atoms with Crippen LogP contribution in [-0.2, 0) is 0 Å². The maximum atomic E-state index is 5.75. The molecular formula is C13H20N2S. The molecule has 0 radical (unpaired) electrons. The monoisotopic (exact) mass is 236 g/mol. The first-order chi connectivity index (χ1) is 7.74. The predicted molar refractivity (Wildman–Crippen MR) is 70.8 cm³/mol. The Morgan fingerprint density at radius 2 is 2.06 bits per heavy atom. The van der Waals surface area contributed by atoms with Gasteiger partial charge in [-0.2, -0.15) is 0 Å². The number of rotatable bonds is 3. The summed E-state index contributed by atoms with van der Waals surface area (Å²) in [6, 6.07) is 9.50. The quantitative estimate of drug-likeness (QED) is 0.817. The van der Waals surface area contributed by atoms with Crippen molar-refractivity contribution in [3.05, 3.63) is 29.8 Å². The third-order valence-corrected chi connectivity index (χ3v) is 4.21. The van der Waals surface area contributed by atoms with Crippen molar-refractivity contribution in [2.75, 3.05) is 26.4 Å². The second kappa shape index (κ2) is 5.21. The van der Waals surface area contributed by atoms with Gasteiger partial charge in [0, 0.05) is 17.5 Å². The third kappa shape index (κ3) is 2.42. The van der Waals surface area contributed by atoms with Crippen LogP contribution < -0.4 is 5.73 Å². The highest BCUT2D eigenvalue weighted by atomic mass is 32.2. The summed E-state index contributed by atoms with van der Waals surface area (Å²) in [7, 11) is 2.20.